The van der Waals surface area contributed by atoms with E-state index in [2.05, 4.69) is 5.32 Å². The molecule has 170 valence electrons. The number of carbonyl (C=O) groups excluding carboxylic acids is 2. The monoisotopic (exact) mass is 459 g/mol. The van der Waals surface area contributed by atoms with Gasteiger partial charge in [-0.25, -0.2) is 9.18 Å². The second kappa shape index (κ2) is 9.28. The Labute approximate surface area is 190 Å². The maximum Gasteiger partial charge on any atom is 0.321 e. The molecule has 2 saturated heterocycles. The molecule has 2 aliphatic rings. The first-order valence-electron chi connectivity index (χ1n) is 10.5. The van der Waals surface area contributed by atoms with Crippen molar-refractivity contribution in [3.8, 4) is 11.5 Å². The molecule has 0 saturated carbocycles. The predicted octanol–water partition coefficient (Wildman–Crippen LogP) is 4.06. The molecule has 1 N–H and O–H groups in total. The summed E-state index contributed by atoms with van der Waals surface area (Å²) in [4.78, 5) is 29.3. The van der Waals surface area contributed by atoms with E-state index in [9.17, 15) is 14.0 Å². The van der Waals surface area contributed by atoms with Crippen molar-refractivity contribution in [1.29, 1.82) is 0 Å². The zero-order valence-corrected chi connectivity index (χ0v) is 18.9. The highest BCUT2D eigenvalue weighted by molar-refractivity contribution is 8.00. The topological polar surface area (TPSA) is 71.1 Å². The third-order valence-electron chi connectivity index (χ3n) is 6.00. The highest BCUT2D eigenvalue weighted by Crippen LogP contribution is 2.44. The molecule has 0 aliphatic carbocycles. The number of anilines is 1. The quantitative estimate of drug-likeness (QED) is 0.747. The number of hydrogen-bond acceptors (Lipinski definition) is 5. The highest BCUT2D eigenvalue weighted by Gasteiger charge is 2.47. The Balaban J connectivity index is 1.41. The van der Waals surface area contributed by atoms with Crippen molar-refractivity contribution in [2.75, 3.05) is 44.9 Å². The standard InChI is InChI=1S/C23H26FN3O4S/c1-30-18-7-8-19(20(15-18)31-2)25-22(29)26-11-9-23(10-12-26)27(13-14-32-23)21(28)16-3-5-17(24)6-4-16/h3-8,15H,9-14H2,1-2H3,(H,25,29). The number of urea groups is 1. The SMILES string of the molecule is COc1ccc(NC(=O)N2CCC3(CC2)SCCN3C(=O)c2ccc(F)cc2)c(OC)c1. The van der Waals surface area contributed by atoms with Crippen molar-refractivity contribution in [1.82, 2.24) is 9.80 Å². The summed E-state index contributed by atoms with van der Waals surface area (Å²) in [5.74, 6) is 1.57. The van der Waals surface area contributed by atoms with Crippen molar-refractivity contribution in [2.45, 2.75) is 17.7 Å². The summed E-state index contributed by atoms with van der Waals surface area (Å²) >= 11 is 1.77. The van der Waals surface area contributed by atoms with Gasteiger partial charge in [0.15, 0.2) is 0 Å². The van der Waals surface area contributed by atoms with Crippen molar-refractivity contribution < 1.29 is 23.5 Å². The number of carbonyl (C=O) groups is 2. The number of piperidine rings is 1. The number of thioether (sulfide) groups is 1. The van der Waals surface area contributed by atoms with Crippen LogP contribution in [0.25, 0.3) is 0 Å². The van der Waals surface area contributed by atoms with Crippen molar-refractivity contribution in [3.63, 3.8) is 0 Å². The number of methoxy groups -OCH3 is 2. The zero-order valence-electron chi connectivity index (χ0n) is 18.1. The molecule has 0 atom stereocenters. The van der Waals surface area contributed by atoms with E-state index in [1.807, 2.05) is 4.90 Å². The van der Waals surface area contributed by atoms with E-state index in [0.717, 1.165) is 5.75 Å². The molecule has 7 nitrogen and oxygen atoms in total. The van der Waals surface area contributed by atoms with Crippen LogP contribution in [-0.2, 0) is 0 Å². The lowest BCUT2D eigenvalue weighted by atomic mass is 10.0. The molecule has 2 heterocycles. The molecule has 9 heteroatoms. The molecule has 0 unspecified atom stereocenters. The first-order valence-corrected chi connectivity index (χ1v) is 11.4. The van der Waals surface area contributed by atoms with E-state index < -0.39 is 0 Å². The summed E-state index contributed by atoms with van der Waals surface area (Å²) in [5.41, 5.74) is 1.06. The summed E-state index contributed by atoms with van der Waals surface area (Å²) in [6, 6.07) is 10.7. The van der Waals surface area contributed by atoms with Gasteiger partial charge in [-0.3, -0.25) is 4.79 Å². The lowest BCUT2D eigenvalue weighted by Crippen LogP contribution is -2.54. The van der Waals surface area contributed by atoms with E-state index in [4.69, 9.17) is 9.47 Å². The van der Waals surface area contributed by atoms with Crippen LogP contribution in [0.2, 0.25) is 0 Å². The summed E-state index contributed by atoms with van der Waals surface area (Å²) in [6.07, 6.45) is 1.36. The smallest absolute Gasteiger partial charge is 0.321 e. The van der Waals surface area contributed by atoms with Crippen LogP contribution in [0.15, 0.2) is 42.5 Å². The Bertz CT molecular complexity index is 993. The number of likely N-dealkylation sites (tertiary alicyclic amines) is 1. The van der Waals surface area contributed by atoms with Gasteiger partial charge >= 0.3 is 6.03 Å². The average Bonchev–Trinajstić information content (AvgIpc) is 3.22. The van der Waals surface area contributed by atoms with Crippen molar-refractivity contribution >= 4 is 29.4 Å². The van der Waals surface area contributed by atoms with E-state index in [1.165, 1.54) is 24.3 Å². The Morgan fingerprint density at radius 2 is 1.75 bits per heavy atom. The molecule has 0 bridgehead atoms. The van der Waals surface area contributed by atoms with Crippen LogP contribution in [-0.4, -0.2) is 66.2 Å². The van der Waals surface area contributed by atoms with Crippen LogP contribution < -0.4 is 14.8 Å². The molecule has 2 aromatic carbocycles. The van der Waals surface area contributed by atoms with Gasteiger partial charge in [0.05, 0.1) is 24.8 Å². The van der Waals surface area contributed by atoms with Gasteiger partial charge in [0.25, 0.3) is 5.91 Å². The van der Waals surface area contributed by atoms with Gasteiger partial charge in [-0.2, -0.15) is 0 Å². The number of benzene rings is 2. The van der Waals surface area contributed by atoms with Crippen LogP contribution in [0.5, 0.6) is 11.5 Å². The fraction of sp³-hybridized carbons (Fsp3) is 0.391. The Morgan fingerprint density at radius 3 is 2.41 bits per heavy atom. The molecule has 0 radical (unpaired) electrons. The number of rotatable bonds is 4. The summed E-state index contributed by atoms with van der Waals surface area (Å²) in [7, 11) is 3.11. The van der Waals surface area contributed by atoms with E-state index >= 15 is 0 Å². The van der Waals surface area contributed by atoms with Crippen LogP contribution in [0.3, 0.4) is 0 Å². The molecule has 4 rings (SSSR count). The second-order valence-corrected chi connectivity index (χ2v) is 9.20. The summed E-state index contributed by atoms with van der Waals surface area (Å²) in [6.45, 7) is 1.71. The minimum Gasteiger partial charge on any atom is -0.497 e. The van der Waals surface area contributed by atoms with Crippen LogP contribution in [0.4, 0.5) is 14.9 Å². The van der Waals surface area contributed by atoms with E-state index in [1.54, 1.807) is 49.1 Å². The maximum absolute atomic E-state index is 13.2. The minimum absolute atomic E-state index is 0.0872. The average molecular weight is 460 g/mol. The number of nitrogens with one attached hydrogen (secondary N) is 1. The lowest BCUT2D eigenvalue weighted by molar-refractivity contribution is 0.0585. The molecule has 1 spiro atoms. The van der Waals surface area contributed by atoms with Gasteiger partial charge in [-0.15, -0.1) is 11.8 Å². The van der Waals surface area contributed by atoms with Crippen molar-refractivity contribution in [3.05, 3.63) is 53.8 Å². The van der Waals surface area contributed by atoms with Gasteiger partial charge < -0.3 is 24.6 Å². The van der Waals surface area contributed by atoms with Gasteiger partial charge in [-0.1, -0.05) is 0 Å². The maximum atomic E-state index is 13.2. The Kier molecular flexibility index (Phi) is 6.45. The predicted molar refractivity (Wildman–Crippen MR) is 122 cm³/mol. The fourth-order valence-corrected chi connectivity index (χ4v) is 5.67. The fourth-order valence-electron chi connectivity index (χ4n) is 4.21. The van der Waals surface area contributed by atoms with Crippen LogP contribution >= 0.6 is 11.8 Å². The third-order valence-corrected chi connectivity index (χ3v) is 7.55. The Hall–Kier alpha value is -2.94. The molecule has 2 fully saturated rings. The highest BCUT2D eigenvalue weighted by atomic mass is 32.2. The molecule has 2 aromatic rings. The number of halogens is 1. The van der Waals surface area contributed by atoms with E-state index in [-0.39, 0.29) is 22.6 Å². The van der Waals surface area contributed by atoms with Crippen molar-refractivity contribution in [2.24, 2.45) is 0 Å². The molecule has 32 heavy (non-hydrogen) atoms. The Morgan fingerprint density at radius 1 is 1.03 bits per heavy atom. The van der Waals surface area contributed by atoms with Gasteiger partial charge in [0.1, 0.15) is 17.3 Å². The molecule has 2 aliphatic heterocycles. The molecular formula is C23H26FN3O4S. The normalized spacial score (nSPS) is 17.3. The number of hydrogen-bond donors (Lipinski definition) is 1. The molecular weight excluding hydrogens is 433 g/mol. The number of amides is 3. The minimum atomic E-state index is -0.361. The van der Waals surface area contributed by atoms with E-state index in [0.29, 0.717) is 55.2 Å². The second-order valence-electron chi connectivity index (χ2n) is 7.74. The summed E-state index contributed by atoms with van der Waals surface area (Å²) in [5, 5.41) is 2.91. The first-order chi connectivity index (χ1) is 15.5. The molecule has 0 aromatic heterocycles. The first kappa shape index (κ1) is 22.3. The number of ether oxygens (including phenoxy) is 2. The summed E-state index contributed by atoms with van der Waals surface area (Å²) < 4.78 is 23.8. The van der Waals surface area contributed by atoms with Gasteiger partial charge in [-0.05, 0) is 49.2 Å². The lowest BCUT2D eigenvalue weighted by Gasteiger charge is -2.44. The van der Waals surface area contributed by atoms with Crippen LogP contribution in [0, 0.1) is 5.82 Å². The van der Waals surface area contributed by atoms with Gasteiger partial charge in [0, 0.05) is 37.0 Å². The number of nitrogens with zero attached hydrogens (tertiary/aromatic N) is 2. The third kappa shape index (κ3) is 4.34. The largest absolute Gasteiger partial charge is 0.497 e. The molecule has 3 amide bonds. The van der Waals surface area contributed by atoms with Crippen LogP contribution in [0.1, 0.15) is 23.2 Å². The zero-order chi connectivity index (χ0) is 22.7. The van der Waals surface area contributed by atoms with Gasteiger partial charge in [0.2, 0.25) is 0 Å².